The predicted molar refractivity (Wildman–Crippen MR) is 95.8 cm³/mol. The van der Waals surface area contributed by atoms with Crippen LogP contribution in [0.25, 0.3) is 10.9 Å². The highest BCUT2D eigenvalue weighted by Gasteiger charge is 2.29. The van der Waals surface area contributed by atoms with E-state index in [-0.39, 0.29) is 0 Å². The first-order valence-electron chi connectivity index (χ1n) is 8.40. The van der Waals surface area contributed by atoms with Crippen LogP contribution in [0.1, 0.15) is 24.6 Å². The molecule has 0 atom stereocenters. The van der Waals surface area contributed by atoms with Crippen molar-refractivity contribution in [2.75, 3.05) is 36.0 Å². The van der Waals surface area contributed by atoms with Gasteiger partial charge in [-0.15, -0.1) is 0 Å². The molecule has 0 amide bonds. The van der Waals surface area contributed by atoms with E-state index in [1.165, 1.54) is 18.5 Å². The second-order valence-corrected chi connectivity index (χ2v) is 7.18. The van der Waals surface area contributed by atoms with Crippen molar-refractivity contribution in [3.05, 3.63) is 36.5 Å². The van der Waals surface area contributed by atoms with Gasteiger partial charge in [0, 0.05) is 60.9 Å². The Labute approximate surface area is 144 Å². The molecule has 0 unspecified atom stereocenters. The molecule has 1 aromatic carbocycles. The van der Waals surface area contributed by atoms with Crippen LogP contribution in [-0.2, 0) is 0 Å². The molecule has 0 N–H and O–H groups in total. The van der Waals surface area contributed by atoms with Crippen LogP contribution in [0.5, 0.6) is 0 Å². The van der Waals surface area contributed by atoms with E-state index < -0.39 is 0 Å². The first-order valence-corrected chi connectivity index (χ1v) is 9.17. The third-order valence-electron chi connectivity index (χ3n) is 4.78. The fraction of sp³-hybridized carbons (Fsp3) is 0.412. The third kappa shape index (κ3) is 2.58. The molecule has 3 aromatic rings. The summed E-state index contributed by atoms with van der Waals surface area (Å²) in [6, 6.07) is 6.41. The molecule has 122 valence electrons. The lowest BCUT2D eigenvalue weighted by Gasteiger charge is -2.35. The predicted octanol–water partition coefficient (Wildman–Crippen LogP) is 2.69. The lowest BCUT2D eigenvalue weighted by Crippen LogP contribution is -2.46. The monoisotopic (exact) mass is 338 g/mol. The quantitative estimate of drug-likeness (QED) is 0.732. The number of piperazine rings is 1. The van der Waals surface area contributed by atoms with Gasteiger partial charge in [0.1, 0.15) is 12.2 Å². The van der Waals surface area contributed by atoms with Gasteiger partial charge in [-0.25, -0.2) is 15.0 Å². The Morgan fingerprint density at radius 1 is 1.04 bits per heavy atom. The van der Waals surface area contributed by atoms with E-state index in [9.17, 15) is 0 Å². The van der Waals surface area contributed by atoms with Crippen molar-refractivity contribution in [2.45, 2.75) is 18.8 Å². The van der Waals surface area contributed by atoms with Crippen molar-refractivity contribution in [2.24, 2.45) is 0 Å². The molecule has 2 fully saturated rings. The van der Waals surface area contributed by atoms with E-state index >= 15 is 0 Å². The molecule has 0 spiro atoms. The molecule has 3 heterocycles. The van der Waals surface area contributed by atoms with Crippen LogP contribution in [0.3, 0.4) is 0 Å². The average Bonchev–Trinajstić information content (AvgIpc) is 3.38. The third-order valence-corrected chi connectivity index (χ3v) is 5.57. The fourth-order valence-electron chi connectivity index (χ4n) is 3.19. The van der Waals surface area contributed by atoms with Crippen LogP contribution in [-0.4, -0.2) is 45.5 Å². The first-order chi connectivity index (χ1) is 11.9. The Balaban J connectivity index is 1.29. The summed E-state index contributed by atoms with van der Waals surface area (Å²) in [4.78, 5) is 17.9. The number of anilines is 2. The normalized spacial score (nSPS) is 18.3. The van der Waals surface area contributed by atoms with Crippen LogP contribution >= 0.6 is 11.5 Å². The maximum atomic E-state index is 4.73. The Kier molecular flexibility index (Phi) is 3.33. The van der Waals surface area contributed by atoms with Crippen molar-refractivity contribution in [3.8, 4) is 0 Å². The lowest BCUT2D eigenvalue weighted by molar-refractivity contribution is 0.651. The van der Waals surface area contributed by atoms with Crippen LogP contribution < -0.4 is 9.80 Å². The molecule has 1 aliphatic carbocycles. The summed E-state index contributed by atoms with van der Waals surface area (Å²) >= 11 is 1.55. The van der Waals surface area contributed by atoms with Gasteiger partial charge < -0.3 is 9.80 Å². The molecule has 2 aliphatic rings. The van der Waals surface area contributed by atoms with Gasteiger partial charge in [-0.3, -0.25) is 0 Å². The summed E-state index contributed by atoms with van der Waals surface area (Å²) in [5.41, 5.74) is 2.24. The van der Waals surface area contributed by atoms with Gasteiger partial charge >= 0.3 is 0 Å². The highest BCUT2D eigenvalue weighted by molar-refractivity contribution is 7.09. The second-order valence-electron chi connectivity index (χ2n) is 6.45. The van der Waals surface area contributed by atoms with E-state index in [0.717, 1.165) is 48.0 Å². The minimum absolute atomic E-state index is 0.635. The highest BCUT2D eigenvalue weighted by atomic mass is 32.1. The van der Waals surface area contributed by atoms with Gasteiger partial charge in [-0.2, -0.15) is 4.37 Å². The summed E-state index contributed by atoms with van der Waals surface area (Å²) in [5.74, 6) is 1.70. The van der Waals surface area contributed by atoms with E-state index in [2.05, 4.69) is 42.3 Å². The fourth-order valence-corrected chi connectivity index (χ4v) is 3.98. The lowest BCUT2D eigenvalue weighted by atomic mass is 10.2. The zero-order chi connectivity index (χ0) is 15.9. The topological polar surface area (TPSA) is 58.0 Å². The maximum Gasteiger partial charge on any atom is 0.205 e. The molecule has 5 rings (SSSR count). The highest BCUT2D eigenvalue weighted by Crippen LogP contribution is 2.39. The van der Waals surface area contributed by atoms with Gasteiger partial charge in [-0.05, 0) is 31.0 Å². The molecule has 2 aromatic heterocycles. The van der Waals surface area contributed by atoms with Crippen molar-refractivity contribution >= 4 is 33.3 Å². The average molecular weight is 338 g/mol. The molecular weight excluding hydrogens is 320 g/mol. The summed E-state index contributed by atoms with van der Waals surface area (Å²) in [6.45, 7) is 3.97. The van der Waals surface area contributed by atoms with Crippen molar-refractivity contribution in [1.82, 2.24) is 19.3 Å². The summed E-state index contributed by atoms with van der Waals surface area (Å²) in [7, 11) is 0. The maximum absolute atomic E-state index is 4.73. The Morgan fingerprint density at radius 2 is 1.88 bits per heavy atom. The number of rotatable bonds is 3. The molecule has 1 saturated heterocycles. The van der Waals surface area contributed by atoms with E-state index in [1.807, 2.05) is 6.20 Å². The SMILES string of the molecule is c1ncc2cc(N3CCN(c4nc(C5CC5)ns4)CC3)ccc2n1. The van der Waals surface area contributed by atoms with Crippen LogP contribution in [0.15, 0.2) is 30.7 Å². The minimum Gasteiger partial charge on any atom is -0.368 e. The number of fused-ring (bicyclic) bond motifs is 1. The zero-order valence-electron chi connectivity index (χ0n) is 13.3. The van der Waals surface area contributed by atoms with Gasteiger partial charge in [0.05, 0.1) is 5.52 Å². The van der Waals surface area contributed by atoms with E-state index in [1.54, 1.807) is 17.9 Å². The van der Waals surface area contributed by atoms with Crippen LogP contribution in [0.4, 0.5) is 10.8 Å². The molecule has 0 radical (unpaired) electrons. The number of benzene rings is 1. The first kappa shape index (κ1) is 14.1. The number of nitrogens with zero attached hydrogens (tertiary/aromatic N) is 6. The Bertz CT molecular complexity index is 866. The Hall–Kier alpha value is -2.28. The Morgan fingerprint density at radius 3 is 2.71 bits per heavy atom. The van der Waals surface area contributed by atoms with Crippen molar-refractivity contribution in [3.63, 3.8) is 0 Å². The zero-order valence-corrected chi connectivity index (χ0v) is 14.1. The van der Waals surface area contributed by atoms with E-state index in [4.69, 9.17) is 4.98 Å². The molecule has 0 bridgehead atoms. The van der Waals surface area contributed by atoms with E-state index in [0.29, 0.717) is 5.92 Å². The van der Waals surface area contributed by atoms with Gasteiger partial charge in [0.2, 0.25) is 5.13 Å². The number of hydrogen-bond acceptors (Lipinski definition) is 7. The molecule has 1 saturated carbocycles. The van der Waals surface area contributed by atoms with Gasteiger partial charge in [0.25, 0.3) is 0 Å². The second kappa shape index (κ2) is 5.66. The van der Waals surface area contributed by atoms with Gasteiger partial charge in [0.15, 0.2) is 0 Å². The molecule has 24 heavy (non-hydrogen) atoms. The van der Waals surface area contributed by atoms with Crippen molar-refractivity contribution < 1.29 is 0 Å². The van der Waals surface area contributed by atoms with Crippen LogP contribution in [0.2, 0.25) is 0 Å². The van der Waals surface area contributed by atoms with Gasteiger partial charge in [-0.1, -0.05) is 0 Å². The summed E-state index contributed by atoms with van der Waals surface area (Å²) < 4.78 is 4.53. The number of aromatic nitrogens is 4. The smallest absolute Gasteiger partial charge is 0.205 e. The molecule has 7 heteroatoms. The number of hydrogen-bond donors (Lipinski definition) is 0. The minimum atomic E-state index is 0.635. The molecule has 6 nitrogen and oxygen atoms in total. The summed E-state index contributed by atoms with van der Waals surface area (Å²) in [5, 5.41) is 2.18. The largest absolute Gasteiger partial charge is 0.368 e. The van der Waals surface area contributed by atoms with Crippen LogP contribution in [0, 0.1) is 0 Å². The molecular formula is C17H18N6S. The van der Waals surface area contributed by atoms with Crippen molar-refractivity contribution in [1.29, 1.82) is 0 Å². The summed E-state index contributed by atoms with van der Waals surface area (Å²) in [6.07, 6.45) is 5.99. The molecule has 1 aliphatic heterocycles. The standard InChI is InChI=1S/C17H18N6S/c1-2-12(1)16-20-17(24-21-16)23-7-5-22(6-8-23)14-3-4-15-13(9-14)10-18-11-19-15/h3-4,9-12H,1-2,5-8H2.